The van der Waals surface area contributed by atoms with E-state index in [1.807, 2.05) is 0 Å². The summed E-state index contributed by atoms with van der Waals surface area (Å²) in [5.74, 6) is -0.211. The molecule has 0 N–H and O–H groups in total. The molecule has 3 rings (SSSR count). The van der Waals surface area contributed by atoms with E-state index in [4.69, 9.17) is 4.98 Å². The lowest BCUT2D eigenvalue weighted by molar-refractivity contribution is 0.0983. The molecule has 10 heteroatoms. The van der Waals surface area contributed by atoms with Gasteiger partial charge in [-0.25, -0.2) is 13.4 Å². The van der Waals surface area contributed by atoms with Crippen LogP contribution in [-0.4, -0.2) is 67.8 Å². The molecule has 1 heterocycles. The molecule has 0 atom stereocenters. The molecule has 0 bridgehead atoms. The first-order chi connectivity index (χ1) is 17.7. The zero-order valence-corrected chi connectivity index (χ0v) is 25.0. The standard InChI is InChI=1S/C28H36N4O3S2.ClH/c1-7-15-31(16-8-2)37(34,35)24-13-11-23(12-14-24)27(33)32(18-17-30(9-3)10-4)28-29-25-19-21(5)22(6)20-26(25)36-28;/h7-8,11-14,19-20H,1-2,9-10,15-18H2,3-6H3;1H. The van der Waals surface area contributed by atoms with Crippen molar-refractivity contribution in [1.82, 2.24) is 14.2 Å². The van der Waals surface area contributed by atoms with E-state index in [0.717, 1.165) is 28.9 Å². The summed E-state index contributed by atoms with van der Waals surface area (Å²) in [6.45, 7) is 18.9. The third-order valence-corrected chi connectivity index (χ3v) is 9.29. The molecule has 7 nitrogen and oxygen atoms in total. The first kappa shape index (κ1) is 31.7. The van der Waals surface area contributed by atoms with Crippen molar-refractivity contribution in [3.63, 3.8) is 0 Å². The molecule has 3 aromatic rings. The SMILES string of the molecule is C=CCN(CC=C)S(=O)(=O)c1ccc(C(=O)N(CCN(CC)CC)c2nc3cc(C)c(C)cc3s2)cc1.Cl. The molecule has 0 fully saturated rings. The highest BCUT2D eigenvalue weighted by Gasteiger charge is 2.25. The summed E-state index contributed by atoms with van der Waals surface area (Å²) in [7, 11) is -3.75. The molecule has 0 saturated carbocycles. The maximum Gasteiger partial charge on any atom is 0.260 e. The molecule has 0 radical (unpaired) electrons. The van der Waals surface area contributed by atoms with Gasteiger partial charge in [0.2, 0.25) is 10.0 Å². The number of benzene rings is 2. The van der Waals surface area contributed by atoms with Gasteiger partial charge in [0.15, 0.2) is 5.13 Å². The molecule has 0 saturated heterocycles. The number of rotatable bonds is 13. The van der Waals surface area contributed by atoms with Crippen molar-refractivity contribution < 1.29 is 13.2 Å². The highest BCUT2D eigenvalue weighted by molar-refractivity contribution is 7.89. The molecule has 0 aliphatic heterocycles. The number of nitrogens with zero attached hydrogens (tertiary/aromatic N) is 4. The first-order valence-electron chi connectivity index (χ1n) is 12.4. The summed E-state index contributed by atoms with van der Waals surface area (Å²) in [5.41, 5.74) is 3.62. The van der Waals surface area contributed by atoms with Crippen LogP contribution in [0.15, 0.2) is 66.6 Å². The van der Waals surface area contributed by atoms with Crippen molar-refractivity contribution in [2.24, 2.45) is 0 Å². The molecule has 1 amide bonds. The topological polar surface area (TPSA) is 73.8 Å². The Morgan fingerprint density at radius 2 is 1.55 bits per heavy atom. The molecule has 2 aromatic carbocycles. The summed E-state index contributed by atoms with van der Waals surface area (Å²) < 4.78 is 28.5. The van der Waals surface area contributed by atoms with Gasteiger partial charge in [-0.15, -0.1) is 25.6 Å². The van der Waals surface area contributed by atoms with E-state index < -0.39 is 10.0 Å². The smallest absolute Gasteiger partial charge is 0.260 e. The second-order valence-corrected chi connectivity index (χ2v) is 11.8. The van der Waals surface area contributed by atoms with E-state index in [1.165, 1.54) is 45.5 Å². The quantitative estimate of drug-likeness (QED) is 0.245. The molecule has 38 heavy (non-hydrogen) atoms. The lowest BCUT2D eigenvalue weighted by Crippen LogP contribution is -2.39. The van der Waals surface area contributed by atoms with Gasteiger partial charge in [-0.1, -0.05) is 37.3 Å². The number of likely N-dealkylation sites (N-methyl/N-ethyl adjacent to an activating group) is 1. The van der Waals surface area contributed by atoms with Crippen LogP contribution >= 0.6 is 23.7 Å². The highest BCUT2D eigenvalue weighted by atomic mass is 35.5. The molecule has 0 aliphatic rings. The van der Waals surface area contributed by atoms with Crippen molar-refractivity contribution in [1.29, 1.82) is 0 Å². The third kappa shape index (κ3) is 7.09. The number of aryl methyl sites for hydroxylation is 2. The van der Waals surface area contributed by atoms with Crippen LogP contribution in [0.3, 0.4) is 0 Å². The summed E-state index contributed by atoms with van der Waals surface area (Å²) >= 11 is 1.49. The number of fused-ring (bicyclic) bond motifs is 1. The normalized spacial score (nSPS) is 11.5. The molecule has 0 aliphatic carbocycles. The van der Waals surface area contributed by atoms with E-state index in [1.54, 1.807) is 17.0 Å². The Bertz CT molecular complexity index is 1320. The third-order valence-electron chi connectivity index (χ3n) is 6.41. The Kier molecular flexibility index (Phi) is 11.7. The Hall–Kier alpha value is -2.56. The Morgan fingerprint density at radius 3 is 2.11 bits per heavy atom. The van der Waals surface area contributed by atoms with Gasteiger partial charge in [0, 0.05) is 31.7 Å². The van der Waals surface area contributed by atoms with E-state index in [-0.39, 0.29) is 36.3 Å². The number of halogens is 1. The number of sulfonamides is 1. The minimum Gasteiger partial charge on any atom is -0.302 e. The molecule has 0 spiro atoms. The fraction of sp³-hybridized carbons (Fsp3) is 0.357. The van der Waals surface area contributed by atoms with Crippen molar-refractivity contribution in [3.8, 4) is 0 Å². The van der Waals surface area contributed by atoms with Crippen molar-refractivity contribution >= 4 is 55.0 Å². The molecule has 1 aromatic heterocycles. The Morgan fingerprint density at radius 1 is 0.974 bits per heavy atom. The van der Waals surface area contributed by atoms with Crippen LogP contribution in [0, 0.1) is 13.8 Å². The average Bonchev–Trinajstić information content (AvgIpc) is 3.28. The van der Waals surface area contributed by atoms with Gasteiger partial charge in [0.05, 0.1) is 15.1 Å². The fourth-order valence-corrected chi connectivity index (χ4v) is 6.43. The fourth-order valence-electron chi connectivity index (χ4n) is 3.98. The van der Waals surface area contributed by atoms with Crippen LogP contribution in [0.5, 0.6) is 0 Å². The summed E-state index contributed by atoms with van der Waals surface area (Å²) in [6.07, 6.45) is 3.07. The summed E-state index contributed by atoms with van der Waals surface area (Å²) in [4.78, 5) is 22.6. The number of hydrogen-bond acceptors (Lipinski definition) is 6. The zero-order chi connectivity index (χ0) is 27.2. The second-order valence-electron chi connectivity index (χ2n) is 8.81. The van der Waals surface area contributed by atoms with Gasteiger partial charge in [-0.05, 0) is 74.5 Å². The van der Waals surface area contributed by atoms with Crippen LogP contribution < -0.4 is 4.90 Å². The average molecular weight is 577 g/mol. The molecular formula is C28H37ClN4O3S2. The predicted molar refractivity (Wildman–Crippen MR) is 161 cm³/mol. The maximum absolute atomic E-state index is 13.7. The number of amides is 1. The van der Waals surface area contributed by atoms with Gasteiger partial charge in [0.1, 0.15) is 0 Å². The number of anilines is 1. The van der Waals surface area contributed by atoms with Gasteiger partial charge in [-0.3, -0.25) is 9.69 Å². The Labute approximate surface area is 236 Å². The van der Waals surface area contributed by atoms with Crippen LogP contribution in [0.4, 0.5) is 5.13 Å². The van der Waals surface area contributed by atoms with Gasteiger partial charge in [-0.2, -0.15) is 4.31 Å². The van der Waals surface area contributed by atoms with Crippen molar-refractivity contribution in [2.75, 3.05) is 44.2 Å². The molecular weight excluding hydrogens is 540 g/mol. The van der Waals surface area contributed by atoms with Crippen LogP contribution in [0.25, 0.3) is 10.2 Å². The van der Waals surface area contributed by atoms with E-state index in [2.05, 4.69) is 57.9 Å². The Balaban J connectivity index is 0.00000507. The minimum absolute atomic E-state index is 0. The highest BCUT2D eigenvalue weighted by Crippen LogP contribution is 2.32. The van der Waals surface area contributed by atoms with Crippen LogP contribution in [-0.2, 0) is 10.0 Å². The van der Waals surface area contributed by atoms with Gasteiger partial charge in [0.25, 0.3) is 5.91 Å². The van der Waals surface area contributed by atoms with Crippen molar-refractivity contribution in [2.45, 2.75) is 32.6 Å². The number of hydrogen-bond donors (Lipinski definition) is 0. The molecule has 0 unspecified atom stereocenters. The van der Waals surface area contributed by atoms with Crippen LogP contribution in [0.2, 0.25) is 0 Å². The summed E-state index contributed by atoms with van der Waals surface area (Å²) in [5, 5.41) is 0.636. The minimum atomic E-state index is -3.75. The number of aromatic nitrogens is 1. The lowest BCUT2D eigenvalue weighted by Gasteiger charge is -2.25. The van der Waals surface area contributed by atoms with Gasteiger partial charge >= 0.3 is 0 Å². The zero-order valence-electron chi connectivity index (χ0n) is 22.5. The number of thiazole rings is 1. The van der Waals surface area contributed by atoms with E-state index in [9.17, 15) is 13.2 Å². The van der Waals surface area contributed by atoms with Gasteiger partial charge < -0.3 is 4.90 Å². The maximum atomic E-state index is 13.7. The largest absolute Gasteiger partial charge is 0.302 e. The number of carbonyl (C=O) groups is 1. The van der Waals surface area contributed by atoms with Crippen LogP contribution in [0.1, 0.15) is 35.3 Å². The number of carbonyl (C=O) groups excluding carboxylic acids is 1. The van der Waals surface area contributed by atoms with E-state index >= 15 is 0 Å². The lowest BCUT2D eigenvalue weighted by atomic mass is 10.1. The monoisotopic (exact) mass is 576 g/mol. The van der Waals surface area contributed by atoms with E-state index in [0.29, 0.717) is 23.8 Å². The second kappa shape index (κ2) is 14.0. The predicted octanol–water partition coefficient (Wildman–Crippen LogP) is 5.69. The summed E-state index contributed by atoms with van der Waals surface area (Å²) in [6, 6.07) is 10.3. The first-order valence-corrected chi connectivity index (χ1v) is 14.7. The van der Waals surface area contributed by atoms with Crippen molar-refractivity contribution in [3.05, 3.63) is 78.4 Å². The molecule has 206 valence electrons.